The highest BCUT2D eigenvalue weighted by Gasteiger charge is 2.17. The van der Waals surface area contributed by atoms with Gasteiger partial charge in [0, 0.05) is 11.0 Å². The Hall–Kier alpha value is -1.21. The van der Waals surface area contributed by atoms with E-state index in [1.165, 1.54) is 23.0 Å². The van der Waals surface area contributed by atoms with Crippen LogP contribution in [0.5, 0.6) is 0 Å². The van der Waals surface area contributed by atoms with Crippen LogP contribution in [-0.4, -0.2) is 15.7 Å². The molecule has 19 heavy (non-hydrogen) atoms. The van der Waals surface area contributed by atoms with Gasteiger partial charge in [-0.3, -0.25) is 9.48 Å². The van der Waals surface area contributed by atoms with Crippen LogP contribution in [0, 0.1) is 5.82 Å². The maximum Gasteiger partial charge on any atom is 0.275 e. The zero-order valence-electron chi connectivity index (χ0n) is 9.95. The van der Waals surface area contributed by atoms with Gasteiger partial charge in [-0.15, -0.1) is 0 Å². The third-order valence-corrected chi connectivity index (χ3v) is 3.56. The van der Waals surface area contributed by atoms with Crippen LogP contribution in [0.1, 0.15) is 17.4 Å². The molecule has 100 valence electrons. The summed E-state index contributed by atoms with van der Waals surface area (Å²) in [5, 5.41) is 6.57. The van der Waals surface area contributed by atoms with Crippen LogP contribution in [0.3, 0.4) is 0 Å². The van der Waals surface area contributed by atoms with Gasteiger partial charge in [-0.05, 0) is 41.1 Å². The summed E-state index contributed by atoms with van der Waals surface area (Å²) in [5.41, 5.74) is 0.494. The van der Waals surface area contributed by atoms with E-state index in [9.17, 15) is 9.18 Å². The van der Waals surface area contributed by atoms with Gasteiger partial charge in [0.15, 0.2) is 0 Å². The molecular formula is C12H10Br2FN3O. The largest absolute Gasteiger partial charge is 0.318 e. The average Bonchev–Trinajstić information content (AvgIpc) is 2.74. The van der Waals surface area contributed by atoms with Crippen molar-refractivity contribution in [3.63, 3.8) is 0 Å². The molecule has 0 saturated carbocycles. The third-order valence-electron chi connectivity index (χ3n) is 2.49. The van der Waals surface area contributed by atoms with Crippen LogP contribution in [0.4, 0.5) is 10.1 Å². The Balaban J connectivity index is 2.28. The number of rotatable bonds is 3. The maximum absolute atomic E-state index is 13.7. The normalized spacial score (nSPS) is 10.5. The van der Waals surface area contributed by atoms with Gasteiger partial charge in [-0.25, -0.2) is 4.39 Å². The van der Waals surface area contributed by atoms with Crippen LogP contribution < -0.4 is 5.32 Å². The summed E-state index contributed by atoms with van der Waals surface area (Å²) in [4.78, 5) is 12.1. The first-order valence-corrected chi connectivity index (χ1v) is 7.09. The summed E-state index contributed by atoms with van der Waals surface area (Å²) in [6, 6.07) is 4.45. The Morgan fingerprint density at radius 3 is 2.84 bits per heavy atom. The number of anilines is 1. The van der Waals surface area contributed by atoms with E-state index < -0.39 is 11.7 Å². The first kappa shape index (κ1) is 14.2. The van der Waals surface area contributed by atoms with Crippen molar-refractivity contribution >= 4 is 43.5 Å². The molecule has 1 heterocycles. The van der Waals surface area contributed by atoms with E-state index in [1.807, 2.05) is 6.92 Å². The minimum atomic E-state index is -0.499. The monoisotopic (exact) mass is 389 g/mol. The average molecular weight is 391 g/mol. The zero-order valence-corrected chi connectivity index (χ0v) is 13.1. The molecule has 4 nitrogen and oxygen atoms in total. The highest BCUT2D eigenvalue weighted by Crippen LogP contribution is 2.22. The lowest BCUT2D eigenvalue weighted by molar-refractivity contribution is 0.101. The van der Waals surface area contributed by atoms with Gasteiger partial charge in [0.1, 0.15) is 11.5 Å². The summed E-state index contributed by atoms with van der Waals surface area (Å²) < 4.78 is 16.4. The standard InChI is InChI=1S/C12H10Br2FN3O/c1-2-18-11(8(14)6-16-18)12(19)17-10-4-3-7(13)5-9(10)15/h3-6H,2H2,1H3,(H,17,19). The maximum atomic E-state index is 13.7. The van der Waals surface area contributed by atoms with Crippen LogP contribution in [0.2, 0.25) is 0 Å². The second-order valence-electron chi connectivity index (χ2n) is 3.74. The molecule has 0 spiro atoms. The number of carbonyl (C=O) groups excluding carboxylic acids is 1. The molecule has 0 saturated heterocycles. The van der Waals surface area contributed by atoms with Crippen molar-refractivity contribution in [1.82, 2.24) is 9.78 Å². The number of aryl methyl sites for hydroxylation is 1. The number of amides is 1. The second-order valence-corrected chi connectivity index (χ2v) is 5.51. The molecule has 0 unspecified atom stereocenters. The van der Waals surface area contributed by atoms with Gasteiger partial charge in [0.25, 0.3) is 5.91 Å². The molecule has 0 atom stereocenters. The van der Waals surface area contributed by atoms with Crippen molar-refractivity contribution in [1.29, 1.82) is 0 Å². The van der Waals surface area contributed by atoms with E-state index in [1.54, 1.807) is 6.07 Å². The van der Waals surface area contributed by atoms with Crippen LogP contribution >= 0.6 is 31.9 Å². The quantitative estimate of drug-likeness (QED) is 0.865. The molecule has 0 radical (unpaired) electrons. The Morgan fingerprint density at radius 1 is 1.47 bits per heavy atom. The molecule has 2 aromatic rings. The predicted molar refractivity (Wildman–Crippen MR) is 77.7 cm³/mol. The number of nitrogens with one attached hydrogen (secondary N) is 1. The SMILES string of the molecule is CCn1ncc(Br)c1C(=O)Nc1ccc(Br)cc1F. The van der Waals surface area contributed by atoms with Crippen molar-refractivity contribution in [2.24, 2.45) is 0 Å². The highest BCUT2D eigenvalue weighted by molar-refractivity contribution is 9.10. The van der Waals surface area contributed by atoms with E-state index >= 15 is 0 Å². The van der Waals surface area contributed by atoms with E-state index in [2.05, 4.69) is 42.3 Å². The van der Waals surface area contributed by atoms with E-state index in [0.717, 1.165) is 0 Å². The molecule has 0 aliphatic carbocycles. The Morgan fingerprint density at radius 2 is 2.21 bits per heavy atom. The number of nitrogens with zero attached hydrogens (tertiary/aromatic N) is 2. The molecule has 0 fully saturated rings. The molecule has 1 aromatic carbocycles. The number of carbonyl (C=O) groups is 1. The van der Waals surface area contributed by atoms with E-state index in [0.29, 0.717) is 21.2 Å². The first-order valence-electron chi connectivity index (χ1n) is 5.50. The molecule has 0 aliphatic rings. The van der Waals surface area contributed by atoms with Crippen molar-refractivity contribution in [2.75, 3.05) is 5.32 Å². The highest BCUT2D eigenvalue weighted by atomic mass is 79.9. The van der Waals surface area contributed by atoms with Crippen LogP contribution in [0.15, 0.2) is 33.3 Å². The summed E-state index contributed by atoms with van der Waals surface area (Å²) in [6.45, 7) is 2.42. The molecule has 2 rings (SSSR count). The molecule has 0 aliphatic heterocycles. The Bertz CT molecular complexity index is 627. The lowest BCUT2D eigenvalue weighted by Gasteiger charge is -2.08. The predicted octanol–water partition coefficient (Wildman–Crippen LogP) is 3.82. The van der Waals surface area contributed by atoms with Crippen molar-refractivity contribution in [2.45, 2.75) is 13.5 Å². The topological polar surface area (TPSA) is 46.9 Å². The lowest BCUT2D eigenvalue weighted by atomic mass is 10.3. The van der Waals surface area contributed by atoms with Crippen molar-refractivity contribution < 1.29 is 9.18 Å². The Labute approximate surface area is 126 Å². The van der Waals surface area contributed by atoms with E-state index in [-0.39, 0.29) is 5.69 Å². The van der Waals surface area contributed by atoms with Gasteiger partial charge in [0.05, 0.1) is 16.4 Å². The number of hydrogen-bond acceptors (Lipinski definition) is 2. The summed E-state index contributed by atoms with van der Waals surface area (Å²) >= 11 is 6.42. The van der Waals surface area contributed by atoms with Crippen molar-refractivity contribution in [3.05, 3.63) is 44.9 Å². The van der Waals surface area contributed by atoms with Gasteiger partial charge in [-0.1, -0.05) is 15.9 Å². The summed E-state index contributed by atoms with van der Waals surface area (Å²) in [6.07, 6.45) is 1.54. The Kier molecular flexibility index (Phi) is 4.36. The fourth-order valence-corrected chi connectivity index (χ4v) is 2.41. The molecule has 7 heteroatoms. The molecule has 1 aromatic heterocycles. The van der Waals surface area contributed by atoms with Crippen LogP contribution in [-0.2, 0) is 6.54 Å². The minimum Gasteiger partial charge on any atom is -0.318 e. The number of benzene rings is 1. The number of halogens is 3. The zero-order chi connectivity index (χ0) is 14.0. The fourth-order valence-electron chi connectivity index (χ4n) is 1.60. The fraction of sp³-hybridized carbons (Fsp3) is 0.167. The van der Waals surface area contributed by atoms with Crippen molar-refractivity contribution in [3.8, 4) is 0 Å². The molecular weight excluding hydrogens is 381 g/mol. The molecule has 0 bridgehead atoms. The lowest BCUT2D eigenvalue weighted by Crippen LogP contribution is -2.18. The second kappa shape index (κ2) is 5.83. The molecule has 1 amide bonds. The third kappa shape index (κ3) is 3.03. The number of aromatic nitrogens is 2. The summed E-state index contributed by atoms with van der Waals surface area (Å²) in [5.74, 6) is -0.908. The first-order chi connectivity index (χ1) is 9.02. The smallest absolute Gasteiger partial charge is 0.275 e. The minimum absolute atomic E-state index is 0.129. The van der Waals surface area contributed by atoms with E-state index in [4.69, 9.17) is 0 Å². The summed E-state index contributed by atoms with van der Waals surface area (Å²) in [7, 11) is 0. The van der Waals surface area contributed by atoms with Gasteiger partial charge < -0.3 is 5.32 Å². The van der Waals surface area contributed by atoms with Gasteiger partial charge >= 0.3 is 0 Å². The van der Waals surface area contributed by atoms with Gasteiger partial charge in [0.2, 0.25) is 0 Å². The van der Waals surface area contributed by atoms with Crippen LogP contribution in [0.25, 0.3) is 0 Å². The van der Waals surface area contributed by atoms with Gasteiger partial charge in [-0.2, -0.15) is 5.10 Å². The number of hydrogen-bond donors (Lipinski definition) is 1. The molecule has 1 N–H and O–H groups in total.